The summed E-state index contributed by atoms with van der Waals surface area (Å²) in [7, 11) is 0. The second kappa shape index (κ2) is 18.9. The van der Waals surface area contributed by atoms with Gasteiger partial charge in [-0.3, -0.25) is 0 Å². The fourth-order valence-electron chi connectivity index (χ4n) is 0. The van der Waals surface area contributed by atoms with Gasteiger partial charge in [-0.2, -0.15) is 0 Å². The molecular formula is Cl3Sm. The van der Waals surface area contributed by atoms with Crippen molar-refractivity contribution in [3.63, 3.8) is 0 Å². The number of rotatable bonds is 0. The molecule has 0 N–H and O–H groups in total. The van der Waals surface area contributed by atoms with Gasteiger partial charge in [0.1, 0.15) is 0 Å². The Balaban J connectivity index is 0. The van der Waals surface area contributed by atoms with E-state index >= 15 is 0 Å². The molecule has 4 heteroatoms. The van der Waals surface area contributed by atoms with Crippen molar-refractivity contribution in [2.75, 3.05) is 0 Å². The van der Waals surface area contributed by atoms with Crippen molar-refractivity contribution in [1.29, 1.82) is 0 Å². The van der Waals surface area contributed by atoms with Crippen molar-refractivity contribution in [1.82, 2.24) is 0 Å². The first-order valence-corrected chi connectivity index (χ1v) is 0. The van der Waals surface area contributed by atoms with Gasteiger partial charge in [0.05, 0.1) is 0 Å². The summed E-state index contributed by atoms with van der Waals surface area (Å²) >= 11 is 0. The van der Waals surface area contributed by atoms with E-state index in [-0.39, 0.29) is 77.6 Å². The van der Waals surface area contributed by atoms with Crippen molar-refractivity contribution in [2.45, 2.75) is 0 Å². The van der Waals surface area contributed by atoms with E-state index in [1.165, 1.54) is 0 Å². The van der Waals surface area contributed by atoms with Crippen LogP contribution in [-0.4, -0.2) is 0 Å². The van der Waals surface area contributed by atoms with Gasteiger partial charge in [0, 0.05) is 0 Å². The molecule has 0 aliphatic carbocycles. The molecule has 0 spiro atoms. The Bertz CT molecular complexity index is 3.25. The molecule has 4 heavy (non-hydrogen) atoms. The molecule has 0 fully saturated rings. The Kier molecular flexibility index (Phi) is 163. The van der Waals surface area contributed by atoms with Gasteiger partial charge in [0.25, 0.3) is 0 Å². The van der Waals surface area contributed by atoms with E-state index in [4.69, 9.17) is 0 Å². The van der Waals surface area contributed by atoms with Crippen LogP contribution in [0.15, 0.2) is 0 Å². The standard InChI is InChI=1S/3ClH.Sm/h3*1H;/q;;;+3/p-3/i;;;1+3. The summed E-state index contributed by atoms with van der Waals surface area (Å²) in [6.07, 6.45) is 0. The van der Waals surface area contributed by atoms with Crippen molar-refractivity contribution >= 4 is 0 Å². The Hall–Kier alpha value is 2.21. The Labute approximate surface area is 76.4 Å². The van der Waals surface area contributed by atoms with Crippen LogP contribution in [-0.2, 0) is 0 Å². The topological polar surface area (TPSA) is 0 Å². The summed E-state index contributed by atoms with van der Waals surface area (Å²) in [5.41, 5.74) is 0. The fraction of sp³-hybridized carbons (Fsp3) is 0. The maximum Gasteiger partial charge on any atom is 3.00 e. The predicted molar refractivity (Wildman–Crippen MR) is 0 cm³/mol. The van der Waals surface area contributed by atoms with Gasteiger partial charge in [-0.25, -0.2) is 0 Å². The summed E-state index contributed by atoms with van der Waals surface area (Å²) in [6.45, 7) is 0. The van der Waals surface area contributed by atoms with E-state index in [0.717, 1.165) is 0 Å². The molecule has 0 heterocycles. The molecule has 0 bridgehead atoms. The average molecular weight is 259 g/mol. The maximum atomic E-state index is 0. The molecule has 0 saturated heterocycles. The molecule has 0 nitrogen and oxygen atoms in total. The maximum absolute atomic E-state index is 0. The molecule has 0 unspecified atom stereocenters. The average Bonchev–Trinajstić information content (AvgIpc) is 0. The second-order valence-corrected chi connectivity index (χ2v) is 0. The van der Waals surface area contributed by atoms with E-state index in [1.807, 2.05) is 0 Å². The summed E-state index contributed by atoms with van der Waals surface area (Å²) in [5.74, 6) is 0. The van der Waals surface area contributed by atoms with Crippen LogP contribution in [0.1, 0.15) is 0 Å². The zero-order valence-corrected chi connectivity index (χ0v) is 6.43. The molecular weight excluding hydrogens is 259 g/mol. The number of hydrogen-bond acceptors (Lipinski definition) is 0. The van der Waals surface area contributed by atoms with Crippen LogP contribution in [0.3, 0.4) is 0 Å². The van der Waals surface area contributed by atoms with Crippen LogP contribution in [0.2, 0.25) is 0 Å². The van der Waals surface area contributed by atoms with Crippen LogP contribution >= 0.6 is 0 Å². The molecule has 0 aliphatic rings. The van der Waals surface area contributed by atoms with E-state index in [2.05, 4.69) is 0 Å². The number of halogens is 3. The molecule has 0 aliphatic heterocycles. The fourth-order valence-corrected chi connectivity index (χ4v) is 0. The predicted octanol–water partition coefficient (Wildman–Crippen LogP) is -8.99. The first-order valence-electron chi connectivity index (χ1n) is 0. The molecule has 0 rings (SSSR count). The molecule has 0 aromatic heterocycles. The minimum Gasteiger partial charge on any atom is -1.00 e. The smallest absolute Gasteiger partial charge is 1.00 e. The van der Waals surface area contributed by atoms with E-state index in [1.54, 1.807) is 0 Å². The van der Waals surface area contributed by atoms with Crippen LogP contribution in [0.25, 0.3) is 0 Å². The van der Waals surface area contributed by atoms with Crippen molar-refractivity contribution in [3.05, 3.63) is 0 Å². The van der Waals surface area contributed by atoms with Gasteiger partial charge in [-0.1, -0.05) is 0 Å². The van der Waals surface area contributed by atoms with E-state index < -0.39 is 0 Å². The molecule has 0 saturated carbocycles. The third-order valence-corrected chi connectivity index (χ3v) is 0. The van der Waals surface area contributed by atoms with Crippen LogP contribution in [0.4, 0.5) is 0 Å². The Morgan fingerprint density at radius 1 is 0.500 bits per heavy atom. The molecule has 0 aromatic carbocycles. The van der Waals surface area contributed by atoms with Crippen LogP contribution in [0.5, 0.6) is 0 Å². The SMILES string of the molecule is [153Sm+3].[Cl-].[Cl-].[Cl-]. The number of hydrogen-bond donors (Lipinski definition) is 0. The third kappa shape index (κ3) is 8.88. The summed E-state index contributed by atoms with van der Waals surface area (Å²) < 4.78 is 0. The minimum absolute atomic E-state index is 0. The quantitative estimate of drug-likeness (QED) is 0.405. The van der Waals surface area contributed by atoms with Gasteiger partial charge in [0.2, 0.25) is 0 Å². The first kappa shape index (κ1) is 34.5. The normalized spacial score (nSPS) is 0. The third-order valence-electron chi connectivity index (χ3n) is 0. The molecule has 27 valence electrons. The van der Waals surface area contributed by atoms with Gasteiger partial charge >= 0.3 is 40.4 Å². The van der Waals surface area contributed by atoms with E-state index in [9.17, 15) is 0 Å². The monoisotopic (exact) mass is 258 g/mol. The minimum atomic E-state index is 0. The first-order chi connectivity index (χ1) is 0. The van der Waals surface area contributed by atoms with Crippen molar-refractivity contribution in [2.24, 2.45) is 0 Å². The Morgan fingerprint density at radius 3 is 0.500 bits per heavy atom. The Morgan fingerprint density at radius 2 is 0.500 bits per heavy atom. The van der Waals surface area contributed by atoms with Gasteiger partial charge < -0.3 is 37.2 Å². The van der Waals surface area contributed by atoms with Gasteiger partial charge in [-0.15, -0.1) is 0 Å². The largest absolute Gasteiger partial charge is 3.00 e. The summed E-state index contributed by atoms with van der Waals surface area (Å²) in [4.78, 5) is 0. The summed E-state index contributed by atoms with van der Waals surface area (Å²) in [6, 6.07) is 0. The second-order valence-electron chi connectivity index (χ2n) is 0. The molecule has 0 amide bonds. The van der Waals surface area contributed by atoms with Crippen molar-refractivity contribution in [3.8, 4) is 0 Å². The van der Waals surface area contributed by atoms with Crippen molar-refractivity contribution < 1.29 is 77.6 Å². The summed E-state index contributed by atoms with van der Waals surface area (Å²) in [5, 5.41) is 0. The van der Waals surface area contributed by atoms with E-state index in [0.29, 0.717) is 0 Å². The van der Waals surface area contributed by atoms with Crippen LogP contribution < -0.4 is 37.2 Å². The molecule has 0 atom stereocenters. The van der Waals surface area contributed by atoms with Gasteiger partial charge in [-0.05, 0) is 0 Å². The molecule has 0 aromatic rings. The van der Waals surface area contributed by atoms with Crippen LogP contribution in [0, 0.1) is 40.4 Å². The zero-order valence-electron chi connectivity index (χ0n) is 1.54. The molecule has 1 radical (unpaired) electrons. The zero-order chi connectivity index (χ0) is 0. The van der Waals surface area contributed by atoms with Gasteiger partial charge in [0.15, 0.2) is 0 Å².